The van der Waals surface area contributed by atoms with Crippen LogP contribution in [0.2, 0.25) is 0 Å². The third-order valence-electron chi connectivity index (χ3n) is 5.46. The molecular formula is C32H30O4P2Pt. The van der Waals surface area contributed by atoms with Crippen molar-refractivity contribution in [2.45, 2.75) is 0 Å². The Balaban J connectivity index is 0.000000417. The summed E-state index contributed by atoms with van der Waals surface area (Å²) in [6, 6.07) is 44.2. The fourth-order valence-electron chi connectivity index (χ4n) is 3.65. The van der Waals surface area contributed by atoms with E-state index in [1.807, 2.05) is 11.8 Å². The fourth-order valence-corrected chi connectivity index (χ4v) is 9.01. The Morgan fingerprint density at radius 3 is 0.949 bits per heavy atom. The summed E-state index contributed by atoms with van der Waals surface area (Å²) in [6.45, 7) is 0. The third kappa shape index (κ3) is 10.9. The monoisotopic (exact) mass is 735 g/mol. The molecule has 0 aliphatic rings. The van der Waals surface area contributed by atoms with E-state index in [9.17, 15) is 9.59 Å². The zero-order valence-corrected chi connectivity index (χ0v) is 25.9. The number of hydrogen-bond donors (Lipinski definition) is 0. The van der Waals surface area contributed by atoms with Crippen LogP contribution in [0.25, 0.3) is 0 Å². The fraction of sp³-hybridized carbons (Fsp3) is 0.125. The van der Waals surface area contributed by atoms with Gasteiger partial charge in [0.1, 0.15) is 0 Å². The van der Waals surface area contributed by atoms with Gasteiger partial charge in [0.05, 0.1) is 14.2 Å². The molecule has 0 amide bonds. The summed E-state index contributed by atoms with van der Waals surface area (Å²) >= 11 is 0. The molecule has 0 atom stereocenters. The van der Waals surface area contributed by atoms with E-state index in [-0.39, 0.29) is 36.9 Å². The molecule has 0 fully saturated rings. The predicted octanol–water partition coefficient (Wildman–Crippen LogP) is 4.59. The van der Waals surface area contributed by atoms with Gasteiger partial charge in [-0.05, 0) is 49.4 Å². The van der Waals surface area contributed by atoms with E-state index in [1.165, 1.54) is 47.8 Å². The van der Waals surface area contributed by atoms with Crippen molar-refractivity contribution in [3.8, 4) is 11.8 Å². The molecule has 202 valence electrons. The van der Waals surface area contributed by atoms with E-state index in [0.29, 0.717) is 0 Å². The maximum atomic E-state index is 10.2. The summed E-state index contributed by atoms with van der Waals surface area (Å²) in [7, 11) is 1.65. The van der Waals surface area contributed by atoms with Crippen molar-refractivity contribution in [3.05, 3.63) is 121 Å². The smallest absolute Gasteiger partial charge is 0.384 e. The topological polar surface area (TPSA) is 52.6 Å². The minimum absolute atomic E-state index is 0. The van der Waals surface area contributed by atoms with Gasteiger partial charge >= 0.3 is 11.9 Å². The third-order valence-corrected chi connectivity index (χ3v) is 10.8. The van der Waals surface area contributed by atoms with Crippen LogP contribution in [0, 0.1) is 11.8 Å². The molecule has 0 bridgehead atoms. The maximum absolute atomic E-state index is 10.2. The Morgan fingerprint density at radius 2 is 0.744 bits per heavy atom. The van der Waals surface area contributed by atoms with E-state index in [2.05, 4.69) is 131 Å². The van der Waals surface area contributed by atoms with E-state index in [1.54, 1.807) is 0 Å². The zero-order chi connectivity index (χ0) is 27.0. The molecule has 4 rings (SSSR count). The second-order valence-corrected chi connectivity index (χ2v) is 12.6. The first-order valence-electron chi connectivity index (χ1n) is 12.1. The molecule has 7 heteroatoms. The molecule has 0 aromatic heterocycles. The molecule has 0 unspecified atom stereocenters. The van der Waals surface area contributed by atoms with Gasteiger partial charge in [-0.3, -0.25) is 0 Å². The Kier molecular flexibility index (Phi) is 15.0. The average molecular weight is 736 g/mol. The standard InChI is InChI=1S/C26H24P2.C6H6O4.Pt/c1-5-13-23(14-6-1)27(24-15-7-2-8-16-24)21-22-28(25-17-9-3-10-18-25)26-19-11-4-12-20-26;1-9-5(7)3-4-6(8)10-2;/h1-20H,21-22H2;1-2H3;. The van der Waals surface area contributed by atoms with Crippen molar-refractivity contribution >= 4 is 49.0 Å². The number of rotatable bonds is 7. The molecule has 39 heavy (non-hydrogen) atoms. The summed E-state index contributed by atoms with van der Waals surface area (Å²) < 4.78 is 8.25. The SMILES string of the molecule is COC(=O)C#CC(=O)OC.[Pt].c1ccc(P(CCP(c2ccccc2)c2ccccc2)c2ccccc2)cc1. The Labute approximate surface area is 247 Å². The molecule has 0 saturated carbocycles. The normalized spacial score (nSPS) is 9.74. The molecule has 4 nitrogen and oxygen atoms in total. The zero-order valence-electron chi connectivity index (χ0n) is 21.8. The van der Waals surface area contributed by atoms with Gasteiger partial charge in [0.15, 0.2) is 0 Å². The first-order valence-corrected chi connectivity index (χ1v) is 15.1. The molecule has 0 heterocycles. The molecule has 0 saturated heterocycles. The molecule has 4 aromatic rings. The van der Waals surface area contributed by atoms with Crippen LogP contribution in [-0.4, -0.2) is 38.5 Å². The second-order valence-electron chi connectivity index (χ2n) is 7.88. The van der Waals surface area contributed by atoms with Gasteiger partial charge in [-0.2, -0.15) is 0 Å². The first-order chi connectivity index (χ1) is 18.6. The van der Waals surface area contributed by atoms with Crippen molar-refractivity contribution < 1.29 is 40.1 Å². The minimum atomic E-state index is -0.759. The van der Waals surface area contributed by atoms with Crippen LogP contribution in [0.3, 0.4) is 0 Å². The van der Waals surface area contributed by atoms with Gasteiger partial charge in [0, 0.05) is 32.9 Å². The van der Waals surface area contributed by atoms with Gasteiger partial charge in [-0.25, -0.2) is 9.59 Å². The van der Waals surface area contributed by atoms with Crippen molar-refractivity contribution in [2.75, 3.05) is 26.5 Å². The van der Waals surface area contributed by atoms with Crippen LogP contribution in [0.4, 0.5) is 0 Å². The predicted molar refractivity (Wildman–Crippen MR) is 160 cm³/mol. The van der Waals surface area contributed by atoms with Crippen LogP contribution in [0.1, 0.15) is 0 Å². The van der Waals surface area contributed by atoms with Crippen LogP contribution >= 0.6 is 15.8 Å². The number of carbonyl (C=O) groups excluding carboxylic acids is 2. The summed E-state index contributed by atoms with van der Waals surface area (Å²) in [4.78, 5) is 20.5. The first kappa shape index (κ1) is 32.1. The van der Waals surface area contributed by atoms with Crippen molar-refractivity contribution in [2.24, 2.45) is 0 Å². The Hall–Kier alpha value is -3.07. The average Bonchev–Trinajstić information content (AvgIpc) is 3.00. The molecule has 0 spiro atoms. The second kappa shape index (κ2) is 18.3. The Morgan fingerprint density at radius 1 is 0.513 bits per heavy atom. The molecular weight excluding hydrogens is 705 g/mol. The van der Waals surface area contributed by atoms with Gasteiger partial charge < -0.3 is 9.47 Å². The van der Waals surface area contributed by atoms with Gasteiger partial charge in [0.25, 0.3) is 0 Å². The van der Waals surface area contributed by atoms with Crippen LogP contribution < -0.4 is 21.2 Å². The van der Waals surface area contributed by atoms with Crippen LogP contribution in [-0.2, 0) is 40.1 Å². The molecule has 0 radical (unpaired) electrons. The van der Waals surface area contributed by atoms with Crippen LogP contribution in [0.15, 0.2) is 121 Å². The Bertz CT molecular complexity index is 1140. The van der Waals surface area contributed by atoms with Crippen molar-refractivity contribution in [1.29, 1.82) is 0 Å². The maximum Gasteiger partial charge on any atom is 0.384 e. The quantitative estimate of drug-likeness (QED) is 0.121. The number of carbonyl (C=O) groups is 2. The minimum Gasteiger partial charge on any atom is -0.459 e. The molecule has 0 aliphatic heterocycles. The number of ether oxygens (including phenoxy) is 2. The van der Waals surface area contributed by atoms with Gasteiger partial charge in [-0.15, -0.1) is 0 Å². The van der Waals surface area contributed by atoms with E-state index in [0.717, 1.165) is 0 Å². The largest absolute Gasteiger partial charge is 0.459 e. The van der Waals surface area contributed by atoms with E-state index in [4.69, 9.17) is 0 Å². The molecule has 4 aromatic carbocycles. The van der Waals surface area contributed by atoms with Crippen molar-refractivity contribution in [3.63, 3.8) is 0 Å². The van der Waals surface area contributed by atoms with Crippen LogP contribution in [0.5, 0.6) is 0 Å². The number of esters is 2. The summed E-state index contributed by atoms with van der Waals surface area (Å²) in [5.74, 6) is 2.28. The number of hydrogen-bond acceptors (Lipinski definition) is 4. The number of benzene rings is 4. The molecule has 0 aliphatic carbocycles. The van der Waals surface area contributed by atoms with E-state index >= 15 is 0 Å². The summed E-state index contributed by atoms with van der Waals surface area (Å²) in [6.07, 6.45) is 2.41. The van der Waals surface area contributed by atoms with Gasteiger partial charge in [0.2, 0.25) is 0 Å². The summed E-state index contributed by atoms with van der Waals surface area (Å²) in [5, 5.41) is 5.89. The van der Waals surface area contributed by atoms with E-state index < -0.39 is 11.9 Å². The van der Waals surface area contributed by atoms with Crippen molar-refractivity contribution in [1.82, 2.24) is 0 Å². The molecule has 0 N–H and O–H groups in total. The summed E-state index contributed by atoms with van der Waals surface area (Å²) in [5.41, 5.74) is 0. The number of methoxy groups -OCH3 is 2. The van der Waals surface area contributed by atoms with Gasteiger partial charge in [-0.1, -0.05) is 121 Å².